The maximum Gasteiger partial charge on any atom is 0.406 e. The second kappa shape index (κ2) is 6.53. The summed E-state index contributed by atoms with van der Waals surface area (Å²) < 4.78 is 36.9. The van der Waals surface area contributed by atoms with E-state index >= 15 is 0 Å². The van der Waals surface area contributed by atoms with Crippen molar-refractivity contribution in [2.75, 3.05) is 13.1 Å². The van der Waals surface area contributed by atoms with Gasteiger partial charge in [-0.15, -0.1) is 0 Å². The molecular formula is C13H19F3N2O4. The lowest BCUT2D eigenvalue weighted by Crippen LogP contribution is -2.47. The summed E-state index contributed by atoms with van der Waals surface area (Å²) >= 11 is 0. The minimum absolute atomic E-state index is 0.142. The highest BCUT2D eigenvalue weighted by Crippen LogP contribution is 2.24. The van der Waals surface area contributed by atoms with Crippen molar-refractivity contribution >= 4 is 17.8 Å². The fourth-order valence-corrected chi connectivity index (χ4v) is 2.23. The molecule has 0 aliphatic carbocycles. The fraction of sp³-hybridized carbons (Fsp3) is 0.769. The number of carboxylic acid groups (broad SMARTS) is 1. The zero-order valence-electron chi connectivity index (χ0n) is 12.4. The van der Waals surface area contributed by atoms with E-state index in [9.17, 15) is 27.6 Å². The zero-order chi connectivity index (χ0) is 17.1. The first-order chi connectivity index (χ1) is 9.89. The Bertz CT molecular complexity index is 463. The van der Waals surface area contributed by atoms with E-state index < -0.39 is 42.0 Å². The van der Waals surface area contributed by atoms with Crippen LogP contribution in [0.25, 0.3) is 0 Å². The molecule has 9 heteroatoms. The number of nitrogens with one attached hydrogen (secondary N) is 1. The maximum absolute atomic E-state index is 12.3. The van der Waals surface area contributed by atoms with Crippen molar-refractivity contribution in [2.24, 2.45) is 5.92 Å². The number of carboxylic acids is 1. The molecule has 0 aromatic heterocycles. The highest BCUT2D eigenvalue weighted by molar-refractivity contribution is 5.89. The molecule has 0 aromatic rings. The average molecular weight is 324 g/mol. The minimum Gasteiger partial charge on any atom is -0.481 e. The quantitative estimate of drug-likeness (QED) is 0.767. The summed E-state index contributed by atoms with van der Waals surface area (Å²) in [6, 6.07) is 0. The van der Waals surface area contributed by atoms with Crippen LogP contribution < -0.4 is 5.32 Å². The Labute approximate surface area is 125 Å². The van der Waals surface area contributed by atoms with Gasteiger partial charge in [0.25, 0.3) is 0 Å². The summed E-state index contributed by atoms with van der Waals surface area (Å²) in [4.78, 5) is 34.7. The summed E-state index contributed by atoms with van der Waals surface area (Å²) in [5.74, 6) is -3.09. The first-order valence-corrected chi connectivity index (χ1v) is 6.78. The summed E-state index contributed by atoms with van der Waals surface area (Å²) in [5.41, 5.74) is -0.810. The molecule has 2 amide bonds. The van der Waals surface area contributed by atoms with E-state index in [4.69, 9.17) is 5.11 Å². The molecule has 6 nitrogen and oxygen atoms in total. The highest BCUT2D eigenvalue weighted by atomic mass is 19.4. The number of amides is 2. The van der Waals surface area contributed by atoms with Gasteiger partial charge in [0.05, 0.1) is 5.92 Å². The van der Waals surface area contributed by atoms with Gasteiger partial charge >= 0.3 is 12.1 Å². The van der Waals surface area contributed by atoms with Gasteiger partial charge in [0.2, 0.25) is 11.8 Å². The molecule has 22 heavy (non-hydrogen) atoms. The van der Waals surface area contributed by atoms with E-state index in [-0.39, 0.29) is 25.8 Å². The van der Waals surface area contributed by atoms with Gasteiger partial charge in [-0.05, 0) is 20.3 Å². The summed E-state index contributed by atoms with van der Waals surface area (Å²) in [6.07, 6.45) is -4.73. The number of carbonyl (C=O) groups excluding carboxylic acids is 2. The molecule has 1 atom stereocenters. The zero-order valence-corrected chi connectivity index (χ0v) is 12.4. The lowest BCUT2D eigenvalue weighted by Gasteiger charge is -2.27. The van der Waals surface area contributed by atoms with E-state index in [2.05, 4.69) is 5.32 Å². The van der Waals surface area contributed by atoms with Crippen LogP contribution in [0.4, 0.5) is 13.2 Å². The van der Waals surface area contributed by atoms with Gasteiger partial charge in [0.1, 0.15) is 6.54 Å². The number of alkyl halides is 3. The van der Waals surface area contributed by atoms with Crippen molar-refractivity contribution < 1.29 is 32.7 Å². The molecule has 1 rings (SSSR count). The Kier molecular flexibility index (Phi) is 5.42. The third kappa shape index (κ3) is 5.90. The molecule has 0 spiro atoms. The van der Waals surface area contributed by atoms with Gasteiger partial charge < -0.3 is 15.3 Å². The third-order valence-corrected chi connectivity index (χ3v) is 3.38. The van der Waals surface area contributed by atoms with E-state index in [0.29, 0.717) is 4.90 Å². The Hall–Kier alpha value is -1.80. The number of nitrogens with zero attached hydrogens (tertiary/aromatic N) is 1. The molecule has 0 bridgehead atoms. The van der Waals surface area contributed by atoms with Crippen LogP contribution in [0.2, 0.25) is 0 Å². The summed E-state index contributed by atoms with van der Waals surface area (Å²) in [6.45, 7) is 1.60. The van der Waals surface area contributed by atoms with E-state index in [1.165, 1.54) is 0 Å². The Morgan fingerprint density at radius 1 is 1.36 bits per heavy atom. The monoisotopic (exact) mass is 324 g/mol. The topological polar surface area (TPSA) is 86.7 Å². The largest absolute Gasteiger partial charge is 0.481 e. The molecule has 1 aliphatic heterocycles. The molecule has 0 radical (unpaired) electrons. The molecule has 1 heterocycles. The summed E-state index contributed by atoms with van der Waals surface area (Å²) in [5, 5.41) is 11.2. The number of likely N-dealkylation sites (tertiary alicyclic amines) is 1. The van der Waals surface area contributed by atoms with Gasteiger partial charge in [0.15, 0.2) is 0 Å². The van der Waals surface area contributed by atoms with Gasteiger partial charge in [-0.2, -0.15) is 13.2 Å². The molecule has 0 unspecified atom stereocenters. The molecule has 1 saturated heterocycles. The van der Waals surface area contributed by atoms with Crippen molar-refractivity contribution in [3.8, 4) is 0 Å². The van der Waals surface area contributed by atoms with Crippen molar-refractivity contribution in [3.63, 3.8) is 0 Å². The third-order valence-electron chi connectivity index (χ3n) is 3.38. The second-order valence-electron chi connectivity index (χ2n) is 6.06. The first kappa shape index (κ1) is 18.2. The molecule has 126 valence electrons. The molecule has 0 saturated carbocycles. The molecule has 1 aliphatic rings. The average Bonchev–Trinajstić information content (AvgIpc) is 2.66. The fourth-order valence-electron chi connectivity index (χ4n) is 2.23. The number of carbonyl (C=O) groups is 3. The Morgan fingerprint density at radius 2 is 1.95 bits per heavy atom. The lowest BCUT2D eigenvalue weighted by molar-refractivity contribution is -0.157. The van der Waals surface area contributed by atoms with Gasteiger partial charge in [-0.1, -0.05) is 0 Å². The predicted molar refractivity (Wildman–Crippen MR) is 69.8 cm³/mol. The van der Waals surface area contributed by atoms with Crippen LogP contribution in [-0.2, 0) is 14.4 Å². The number of rotatable bonds is 6. The van der Waals surface area contributed by atoms with Crippen LogP contribution in [0, 0.1) is 5.92 Å². The number of hydrogen-bond acceptors (Lipinski definition) is 3. The van der Waals surface area contributed by atoms with Crippen LogP contribution in [0.1, 0.15) is 33.1 Å². The molecular weight excluding hydrogens is 305 g/mol. The van der Waals surface area contributed by atoms with Crippen LogP contribution in [0.15, 0.2) is 0 Å². The van der Waals surface area contributed by atoms with Crippen molar-refractivity contribution in [2.45, 2.75) is 44.8 Å². The van der Waals surface area contributed by atoms with Crippen LogP contribution in [0.5, 0.6) is 0 Å². The SMILES string of the molecule is CC(C)(CCC(=O)O)NC(=O)[C@@H]1CC(=O)N(CC(F)(F)F)C1. The van der Waals surface area contributed by atoms with Gasteiger partial charge in [-0.25, -0.2) is 0 Å². The molecule has 2 N–H and O–H groups in total. The van der Waals surface area contributed by atoms with Crippen molar-refractivity contribution in [3.05, 3.63) is 0 Å². The smallest absolute Gasteiger partial charge is 0.406 e. The predicted octanol–water partition coefficient (Wildman–Crippen LogP) is 1.16. The van der Waals surface area contributed by atoms with Crippen LogP contribution >= 0.6 is 0 Å². The maximum atomic E-state index is 12.3. The van der Waals surface area contributed by atoms with Crippen molar-refractivity contribution in [1.82, 2.24) is 10.2 Å². The number of halogens is 3. The number of aliphatic carboxylic acids is 1. The van der Waals surface area contributed by atoms with Gasteiger partial charge in [-0.3, -0.25) is 14.4 Å². The van der Waals surface area contributed by atoms with E-state index in [0.717, 1.165) is 0 Å². The van der Waals surface area contributed by atoms with E-state index in [1.807, 2.05) is 0 Å². The minimum atomic E-state index is -4.50. The highest BCUT2D eigenvalue weighted by Gasteiger charge is 2.41. The van der Waals surface area contributed by atoms with Crippen molar-refractivity contribution in [1.29, 1.82) is 0 Å². The molecule has 0 aromatic carbocycles. The normalized spacial score (nSPS) is 19.4. The van der Waals surface area contributed by atoms with Crippen LogP contribution in [-0.4, -0.2) is 52.6 Å². The standard InChI is InChI=1S/C13H19F3N2O4/c1-12(2,4-3-10(20)21)17-11(22)8-5-9(19)18(6-8)7-13(14,15)16/h8H,3-7H2,1-2H3,(H,17,22)(H,20,21)/t8-/m1/s1. The number of hydrogen-bond donors (Lipinski definition) is 2. The van der Waals surface area contributed by atoms with Crippen LogP contribution in [0.3, 0.4) is 0 Å². The molecule has 1 fully saturated rings. The first-order valence-electron chi connectivity index (χ1n) is 6.78. The second-order valence-corrected chi connectivity index (χ2v) is 6.06. The lowest BCUT2D eigenvalue weighted by atomic mass is 9.96. The van der Waals surface area contributed by atoms with Gasteiger partial charge in [0, 0.05) is 24.9 Å². The Morgan fingerprint density at radius 3 is 2.45 bits per heavy atom. The van der Waals surface area contributed by atoms with E-state index in [1.54, 1.807) is 13.8 Å². The summed E-state index contributed by atoms with van der Waals surface area (Å²) in [7, 11) is 0. The Balaban J connectivity index is 2.57.